The number of piperidine rings is 2. The fourth-order valence-electron chi connectivity index (χ4n) is 7.36. The molecule has 0 N–H and O–H groups in total. The monoisotopic (exact) mass is 571 g/mol. The molecule has 1 unspecified atom stereocenters. The van der Waals surface area contributed by atoms with Crippen molar-refractivity contribution in [2.75, 3.05) is 31.1 Å². The fourth-order valence-corrected chi connectivity index (χ4v) is 7.36. The van der Waals surface area contributed by atoms with Crippen molar-refractivity contribution in [1.29, 1.82) is 0 Å². The number of nitrogens with zero attached hydrogens (tertiary/aromatic N) is 5. The molecular formula is C35H49N5O2. The molecule has 0 saturated carbocycles. The number of anilines is 1. The third-order valence-electron chi connectivity index (χ3n) is 9.31. The van der Waals surface area contributed by atoms with Crippen LogP contribution in [0.25, 0.3) is 10.9 Å². The number of carbonyl (C=O) groups is 1. The number of rotatable bonds is 9. The van der Waals surface area contributed by atoms with Crippen LogP contribution >= 0.6 is 0 Å². The van der Waals surface area contributed by atoms with Gasteiger partial charge in [-0.05, 0) is 67.3 Å². The highest BCUT2D eigenvalue weighted by Crippen LogP contribution is 2.32. The van der Waals surface area contributed by atoms with Gasteiger partial charge in [-0.2, -0.15) is 0 Å². The molecule has 0 radical (unpaired) electrons. The standard InChI is InChI=1S/C35H49N5O2/c1-6-11-32(39-22-25(3)20-26(4)23-39)34-36-31-21-27(14-15-30(31)35(42)37(34)5)24-38-18-16-29(17-19-38)40(33(41)7-2)28-12-9-8-10-13-28/h8-10,12-15,21,25-26,29,32H,6-7,11,16-20,22-24H2,1-5H3/t25-,26+,32?. The summed E-state index contributed by atoms with van der Waals surface area (Å²) in [5.74, 6) is 2.39. The first kappa shape index (κ1) is 30.4. The second-order valence-electron chi connectivity index (χ2n) is 12.9. The van der Waals surface area contributed by atoms with E-state index >= 15 is 0 Å². The summed E-state index contributed by atoms with van der Waals surface area (Å²) < 4.78 is 1.80. The summed E-state index contributed by atoms with van der Waals surface area (Å²) in [5.41, 5.74) is 3.03. The first-order valence-electron chi connectivity index (χ1n) is 16.1. The molecule has 0 spiro atoms. The van der Waals surface area contributed by atoms with Gasteiger partial charge in [-0.1, -0.05) is 58.4 Å². The number of hydrogen-bond acceptors (Lipinski definition) is 5. The summed E-state index contributed by atoms with van der Waals surface area (Å²) >= 11 is 0. The second kappa shape index (κ2) is 13.5. The average Bonchev–Trinajstić information content (AvgIpc) is 2.99. The van der Waals surface area contributed by atoms with Gasteiger partial charge in [0.1, 0.15) is 5.82 Å². The average molecular weight is 572 g/mol. The number of carbonyl (C=O) groups excluding carboxylic acids is 1. The molecule has 1 aromatic heterocycles. The highest BCUT2D eigenvalue weighted by Gasteiger charge is 2.31. The summed E-state index contributed by atoms with van der Waals surface area (Å²) in [6.07, 6.45) is 5.72. The Kier molecular flexibility index (Phi) is 9.79. The van der Waals surface area contributed by atoms with Crippen LogP contribution in [0.5, 0.6) is 0 Å². The van der Waals surface area contributed by atoms with Crippen LogP contribution in [0.1, 0.15) is 83.6 Å². The zero-order valence-electron chi connectivity index (χ0n) is 26.3. The lowest BCUT2D eigenvalue weighted by molar-refractivity contribution is -0.119. The predicted octanol–water partition coefficient (Wildman–Crippen LogP) is 6.16. The van der Waals surface area contributed by atoms with Gasteiger partial charge in [-0.25, -0.2) is 4.98 Å². The van der Waals surface area contributed by atoms with Gasteiger partial charge in [0.15, 0.2) is 0 Å². The number of hydrogen-bond donors (Lipinski definition) is 0. The predicted molar refractivity (Wildman–Crippen MR) is 172 cm³/mol. The Morgan fingerprint density at radius 1 is 1.02 bits per heavy atom. The van der Waals surface area contributed by atoms with E-state index in [4.69, 9.17) is 4.98 Å². The van der Waals surface area contributed by atoms with E-state index < -0.39 is 0 Å². The molecule has 3 heterocycles. The van der Waals surface area contributed by atoms with Gasteiger partial charge in [0, 0.05) is 57.9 Å². The zero-order chi connectivity index (χ0) is 29.8. The zero-order valence-corrected chi connectivity index (χ0v) is 26.3. The van der Waals surface area contributed by atoms with Crippen LogP contribution in [-0.2, 0) is 18.4 Å². The molecule has 2 aliphatic rings. The smallest absolute Gasteiger partial charge is 0.261 e. The molecule has 7 nitrogen and oxygen atoms in total. The Morgan fingerprint density at radius 2 is 1.71 bits per heavy atom. The molecule has 5 rings (SSSR count). The Hall–Kier alpha value is -3.03. The largest absolute Gasteiger partial charge is 0.309 e. The minimum absolute atomic E-state index is 0.0446. The van der Waals surface area contributed by atoms with Crippen LogP contribution in [0, 0.1) is 11.8 Å². The van der Waals surface area contributed by atoms with Gasteiger partial charge in [0.05, 0.1) is 16.9 Å². The molecule has 3 atom stereocenters. The van der Waals surface area contributed by atoms with E-state index in [9.17, 15) is 9.59 Å². The number of fused-ring (bicyclic) bond motifs is 1. The van der Waals surface area contributed by atoms with Gasteiger partial charge < -0.3 is 4.90 Å². The van der Waals surface area contributed by atoms with E-state index in [2.05, 4.69) is 42.7 Å². The number of para-hydroxylation sites is 1. The minimum Gasteiger partial charge on any atom is -0.309 e. The van der Waals surface area contributed by atoms with E-state index in [1.165, 1.54) is 12.0 Å². The Balaban J connectivity index is 1.34. The molecule has 2 saturated heterocycles. The van der Waals surface area contributed by atoms with Crippen LogP contribution in [0.3, 0.4) is 0 Å². The van der Waals surface area contributed by atoms with Gasteiger partial charge in [0.25, 0.3) is 5.56 Å². The van der Waals surface area contributed by atoms with Crippen molar-refractivity contribution in [3.05, 3.63) is 70.3 Å². The molecule has 7 heteroatoms. The first-order valence-corrected chi connectivity index (χ1v) is 16.1. The molecule has 0 aliphatic carbocycles. The first-order chi connectivity index (χ1) is 20.3. The van der Waals surface area contributed by atoms with Crippen LogP contribution in [-0.4, -0.2) is 57.5 Å². The van der Waals surface area contributed by atoms with Crippen molar-refractivity contribution in [2.45, 2.75) is 84.8 Å². The third kappa shape index (κ3) is 6.63. The van der Waals surface area contributed by atoms with Crippen molar-refractivity contribution >= 4 is 22.5 Å². The van der Waals surface area contributed by atoms with Crippen molar-refractivity contribution < 1.29 is 4.79 Å². The SMILES string of the molecule is CCCC(c1nc2cc(CN3CCC(N(C(=O)CC)c4ccccc4)CC3)ccc2c(=O)n1C)N1C[C@H](C)C[C@H](C)C1. The molecule has 1 amide bonds. The third-order valence-corrected chi connectivity index (χ3v) is 9.31. The minimum atomic E-state index is 0.0446. The molecule has 226 valence electrons. The second-order valence-corrected chi connectivity index (χ2v) is 12.9. The lowest BCUT2D eigenvalue weighted by atomic mass is 9.90. The van der Waals surface area contributed by atoms with Crippen molar-refractivity contribution in [1.82, 2.24) is 19.4 Å². The van der Waals surface area contributed by atoms with E-state index in [1.807, 2.05) is 55.3 Å². The Bertz CT molecular complexity index is 1400. The Morgan fingerprint density at radius 3 is 2.36 bits per heavy atom. The fraction of sp³-hybridized carbons (Fsp3) is 0.571. The van der Waals surface area contributed by atoms with E-state index in [0.29, 0.717) is 23.6 Å². The summed E-state index contributed by atoms with van der Waals surface area (Å²) in [7, 11) is 1.89. The van der Waals surface area contributed by atoms with Gasteiger partial charge >= 0.3 is 0 Å². The normalized spacial score (nSPS) is 21.5. The number of aromatic nitrogens is 2. The maximum atomic E-state index is 13.5. The quantitative estimate of drug-likeness (QED) is 0.308. The molecule has 42 heavy (non-hydrogen) atoms. The van der Waals surface area contributed by atoms with E-state index in [0.717, 1.165) is 75.4 Å². The molecule has 2 fully saturated rings. The lowest BCUT2D eigenvalue weighted by Crippen LogP contribution is -2.47. The molecule has 3 aromatic rings. The van der Waals surface area contributed by atoms with Crippen LogP contribution in [0.2, 0.25) is 0 Å². The number of benzene rings is 2. The van der Waals surface area contributed by atoms with E-state index in [1.54, 1.807) is 4.57 Å². The molecule has 2 aliphatic heterocycles. The summed E-state index contributed by atoms with van der Waals surface area (Å²) in [4.78, 5) is 38.7. The highest BCUT2D eigenvalue weighted by atomic mass is 16.2. The van der Waals surface area contributed by atoms with Crippen LogP contribution in [0.4, 0.5) is 5.69 Å². The molecule has 0 bridgehead atoms. The summed E-state index contributed by atoms with van der Waals surface area (Å²) in [6, 6.07) is 16.6. The molecule has 2 aromatic carbocycles. The van der Waals surface area contributed by atoms with Crippen molar-refractivity contribution in [3.8, 4) is 0 Å². The van der Waals surface area contributed by atoms with Crippen molar-refractivity contribution in [2.24, 2.45) is 18.9 Å². The van der Waals surface area contributed by atoms with E-state index in [-0.39, 0.29) is 23.6 Å². The highest BCUT2D eigenvalue weighted by molar-refractivity contribution is 5.93. The van der Waals surface area contributed by atoms with Crippen molar-refractivity contribution in [3.63, 3.8) is 0 Å². The van der Waals surface area contributed by atoms with Crippen LogP contribution in [0.15, 0.2) is 53.3 Å². The number of likely N-dealkylation sites (tertiary alicyclic amines) is 2. The summed E-state index contributed by atoms with van der Waals surface area (Å²) in [5, 5.41) is 0.691. The Labute approximate surface area is 251 Å². The maximum Gasteiger partial charge on any atom is 0.261 e. The topological polar surface area (TPSA) is 61.7 Å². The van der Waals surface area contributed by atoms with Gasteiger partial charge in [-0.15, -0.1) is 0 Å². The lowest BCUT2D eigenvalue weighted by Gasteiger charge is -2.40. The van der Waals surface area contributed by atoms with Gasteiger partial charge in [-0.3, -0.25) is 24.0 Å². The summed E-state index contributed by atoms with van der Waals surface area (Å²) in [6.45, 7) is 13.7. The molecular weight excluding hydrogens is 522 g/mol. The van der Waals surface area contributed by atoms with Gasteiger partial charge in [0.2, 0.25) is 5.91 Å². The number of amides is 1. The van der Waals surface area contributed by atoms with Crippen LogP contribution < -0.4 is 10.5 Å². The maximum absolute atomic E-state index is 13.5.